The quantitative estimate of drug-likeness (QED) is 0.773. The van der Waals surface area contributed by atoms with Gasteiger partial charge in [0, 0.05) is 19.6 Å². The van der Waals surface area contributed by atoms with Crippen LogP contribution in [0.3, 0.4) is 0 Å². The van der Waals surface area contributed by atoms with Gasteiger partial charge in [-0.25, -0.2) is 0 Å². The van der Waals surface area contributed by atoms with E-state index in [1.807, 2.05) is 31.2 Å². The molecule has 1 amide bonds. The van der Waals surface area contributed by atoms with E-state index in [-0.39, 0.29) is 11.9 Å². The van der Waals surface area contributed by atoms with Gasteiger partial charge < -0.3 is 15.8 Å². The number of nitrogens with zero attached hydrogens (tertiary/aromatic N) is 1. The fourth-order valence-electron chi connectivity index (χ4n) is 2.36. The summed E-state index contributed by atoms with van der Waals surface area (Å²) in [6, 6.07) is 7.42. The maximum absolute atomic E-state index is 11.7. The molecule has 1 aliphatic heterocycles. The molecule has 1 atom stereocenters. The van der Waals surface area contributed by atoms with Gasteiger partial charge in [0.15, 0.2) is 0 Å². The number of hydrogen-bond donors (Lipinski definition) is 2. The first kappa shape index (κ1) is 13.7. The van der Waals surface area contributed by atoms with Crippen molar-refractivity contribution in [3.8, 4) is 5.75 Å². The Balaban J connectivity index is 1.85. The molecule has 0 saturated carbocycles. The zero-order valence-electron chi connectivity index (χ0n) is 11.3. The minimum Gasteiger partial charge on any atom is -0.490 e. The summed E-state index contributed by atoms with van der Waals surface area (Å²) in [6.07, 6.45) is 0.819. The van der Waals surface area contributed by atoms with Crippen LogP contribution in [-0.2, 0) is 4.79 Å². The van der Waals surface area contributed by atoms with Crippen LogP contribution in [0.2, 0.25) is 0 Å². The lowest BCUT2D eigenvalue weighted by molar-refractivity contribution is -0.129. The minimum absolute atomic E-state index is 0.0366. The first-order valence-electron chi connectivity index (χ1n) is 6.71. The number of para-hydroxylation sites is 2. The minimum atomic E-state index is -0.0366. The summed E-state index contributed by atoms with van der Waals surface area (Å²) in [6.45, 7) is 4.89. The van der Waals surface area contributed by atoms with Gasteiger partial charge in [0.2, 0.25) is 5.91 Å². The average molecular weight is 263 g/mol. The fraction of sp³-hybridized carbons (Fsp3) is 0.500. The Bertz CT molecular complexity index is 436. The van der Waals surface area contributed by atoms with Gasteiger partial charge in [-0.15, -0.1) is 0 Å². The number of carbonyl (C=O) groups excluding carboxylic acids is 1. The number of benzene rings is 1. The summed E-state index contributed by atoms with van der Waals surface area (Å²) < 4.78 is 5.67. The molecule has 0 aromatic heterocycles. The summed E-state index contributed by atoms with van der Waals surface area (Å²) in [5, 5.41) is 2.89. The van der Waals surface area contributed by atoms with Crippen LogP contribution in [0.15, 0.2) is 24.3 Å². The van der Waals surface area contributed by atoms with E-state index in [4.69, 9.17) is 10.5 Å². The predicted molar refractivity (Wildman–Crippen MR) is 75.0 cm³/mol. The highest BCUT2D eigenvalue weighted by Gasteiger charge is 2.27. The van der Waals surface area contributed by atoms with Gasteiger partial charge in [-0.05, 0) is 18.6 Å². The van der Waals surface area contributed by atoms with E-state index in [1.165, 1.54) is 0 Å². The molecule has 0 spiro atoms. The van der Waals surface area contributed by atoms with E-state index >= 15 is 0 Å². The largest absolute Gasteiger partial charge is 0.490 e. The zero-order chi connectivity index (χ0) is 13.7. The molecule has 0 bridgehead atoms. The van der Waals surface area contributed by atoms with Crippen molar-refractivity contribution in [1.82, 2.24) is 10.2 Å². The summed E-state index contributed by atoms with van der Waals surface area (Å²) in [5.41, 5.74) is 6.46. The van der Waals surface area contributed by atoms with Crippen molar-refractivity contribution in [2.24, 2.45) is 0 Å². The zero-order valence-corrected chi connectivity index (χ0v) is 11.3. The predicted octanol–water partition coefficient (Wildman–Crippen LogP) is 0.858. The number of hydrogen-bond acceptors (Lipinski definition) is 4. The highest BCUT2D eigenvalue weighted by molar-refractivity contribution is 5.82. The van der Waals surface area contributed by atoms with E-state index < -0.39 is 0 Å². The molecule has 1 heterocycles. The number of rotatable bonds is 5. The van der Waals surface area contributed by atoms with Crippen molar-refractivity contribution in [3.63, 3.8) is 0 Å². The van der Waals surface area contributed by atoms with Crippen LogP contribution in [0.4, 0.5) is 5.69 Å². The summed E-state index contributed by atoms with van der Waals surface area (Å²) >= 11 is 0. The smallest absolute Gasteiger partial charge is 0.237 e. The van der Waals surface area contributed by atoms with Crippen molar-refractivity contribution in [2.75, 3.05) is 32.0 Å². The Morgan fingerprint density at radius 1 is 1.47 bits per heavy atom. The summed E-state index contributed by atoms with van der Waals surface area (Å²) in [7, 11) is 0. The third-order valence-corrected chi connectivity index (χ3v) is 3.38. The first-order valence-corrected chi connectivity index (χ1v) is 6.71. The highest BCUT2D eigenvalue weighted by atomic mass is 16.5. The Morgan fingerprint density at radius 2 is 2.26 bits per heavy atom. The van der Waals surface area contributed by atoms with Crippen LogP contribution in [0.1, 0.15) is 13.3 Å². The van der Waals surface area contributed by atoms with Gasteiger partial charge >= 0.3 is 0 Å². The van der Waals surface area contributed by atoms with Crippen molar-refractivity contribution in [3.05, 3.63) is 24.3 Å². The van der Waals surface area contributed by atoms with Gasteiger partial charge in [0.25, 0.3) is 0 Å². The second-order valence-electron chi connectivity index (χ2n) is 4.64. The molecule has 0 aliphatic carbocycles. The average Bonchev–Trinajstić information content (AvgIpc) is 2.41. The number of ether oxygens (including phenoxy) is 1. The summed E-state index contributed by atoms with van der Waals surface area (Å²) in [4.78, 5) is 13.9. The molecule has 1 aromatic carbocycles. The number of nitrogens with two attached hydrogens (primary N) is 1. The molecule has 2 rings (SSSR count). The van der Waals surface area contributed by atoms with Gasteiger partial charge in [-0.1, -0.05) is 19.1 Å². The molecular weight excluding hydrogens is 242 g/mol. The third kappa shape index (κ3) is 3.38. The van der Waals surface area contributed by atoms with Crippen LogP contribution < -0.4 is 15.8 Å². The molecule has 19 heavy (non-hydrogen) atoms. The molecule has 104 valence electrons. The number of anilines is 1. The maximum Gasteiger partial charge on any atom is 0.237 e. The van der Waals surface area contributed by atoms with Gasteiger partial charge in [0.1, 0.15) is 12.4 Å². The molecule has 1 aliphatic rings. The van der Waals surface area contributed by atoms with Gasteiger partial charge in [-0.2, -0.15) is 0 Å². The molecular formula is C14H21N3O2. The molecule has 0 radical (unpaired) electrons. The van der Waals surface area contributed by atoms with Crippen LogP contribution in [0.5, 0.6) is 5.75 Å². The van der Waals surface area contributed by atoms with Gasteiger partial charge in [-0.3, -0.25) is 9.69 Å². The number of nitrogens with one attached hydrogen (secondary N) is 1. The second kappa shape index (κ2) is 6.43. The van der Waals surface area contributed by atoms with E-state index in [1.54, 1.807) is 0 Å². The molecule has 1 saturated heterocycles. The van der Waals surface area contributed by atoms with Crippen molar-refractivity contribution < 1.29 is 9.53 Å². The fourth-order valence-corrected chi connectivity index (χ4v) is 2.36. The Morgan fingerprint density at radius 3 is 3.00 bits per heavy atom. The third-order valence-electron chi connectivity index (χ3n) is 3.38. The lowest BCUT2D eigenvalue weighted by Crippen LogP contribution is -2.55. The standard InChI is InChI=1S/C14H21N3O2/c1-2-12-14(18)16-7-8-17(12)9-10-19-13-6-4-3-5-11(13)15/h3-6,12H,2,7-10,15H2,1H3,(H,16,18). The van der Waals surface area contributed by atoms with Crippen molar-refractivity contribution in [1.29, 1.82) is 0 Å². The van der Waals surface area contributed by atoms with Crippen LogP contribution in [0.25, 0.3) is 0 Å². The van der Waals surface area contributed by atoms with Gasteiger partial charge in [0.05, 0.1) is 11.7 Å². The van der Waals surface area contributed by atoms with Crippen molar-refractivity contribution >= 4 is 11.6 Å². The number of nitrogen functional groups attached to an aromatic ring is 1. The number of amides is 1. The molecule has 1 aromatic rings. The van der Waals surface area contributed by atoms with E-state index in [0.717, 1.165) is 19.5 Å². The van der Waals surface area contributed by atoms with E-state index in [2.05, 4.69) is 10.2 Å². The van der Waals surface area contributed by atoms with Crippen LogP contribution in [0, 0.1) is 0 Å². The van der Waals surface area contributed by atoms with Crippen molar-refractivity contribution in [2.45, 2.75) is 19.4 Å². The Labute approximate surface area is 113 Å². The highest BCUT2D eigenvalue weighted by Crippen LogP contribution is 2.19. The molecule has 5 nitrogen and oxygen atoms in total. The lowest BCUT2D eigenvalue weighted by Gasteiger charge is -2.34. The normalized spacial score (nSPS) is 20.1. The SMILES string of the molecule is CCC1C(=O)NCCN1CCOc1ccccc1N. The molecule has 1 unspecified atom stereocenters. The Hall–Kier alpha value is -1.75. The lowest BCUT2D eigenvalue weighted by atomic mass is 10.1. The molecule has 3 N–H and O–H groups in total. The van der Waals surface area contributed by atoms with E-state index in [9.17, 15) is 4.79 Å². The van der Waals surface area contributed by atoms with E-state index in [0.29, 0.717) is 24.6 Å². The molecule has 5 heteroatoms. The number of carbonyl (C=O) groups is 1. The summed E-state index contributed by atoms with van der Waals surface area (Å²) in [5.74, 6) is 0.824. The van der Waals surface area contributed by atoms with Crippen LogP contribution >= 0.6 is 0 Å². The number of piperazine rings is 1. The topological polar surface area (TPSA) is 67.6 Å². The molecule has 1 fully saturated rings. The Kier molecular flexibility index (Phi) is 4.63. The first-order chi connectivity index (χ1) is 9.22. The monoisotopic (exact) mass is 263 g/mol. The maximum atomic E-state index is 11.7. The second-order valence-corrected chi connectivity index (χ2v) is 4.64. The van der Waals surface area contributed by atoms with Crippen LogP contribution in [-0.4, -0.2) is 43.1 Å².